The lowest BCUT2D eigenvalue weighted by molar-refractivity contribution is -0.131. The van der Waals surface area contributed by atoms with Gasteiger partial charge in [0.2, 0.25) is 5.91 Å². The molecule has 23 heavy (non-hydrogen) atoms. The van der Waals surface area contributed by atoms with Crippen molar-refractivity contribution in [3.05, 3.63) is 46.5 Å². The van der Waals surface area contributed by atoms with Gasteiger partial charge in [-0.1, -0.05) is 6.07 Å². The normalized spacial score (nSPS) is 15.6. The van der Waals surface area contributed by atoms with E-state index < -0.39 is 0 Å². The predicted octanol–water partition coefficient (Wildman–Crippen LogP) is 2.55. The van der Waals surface area contributed by atoms with Crippen LogP contribution in [0.3, 0.4) is 0 Å². The highest BCUT2D eigenvalue weighted by atomic mass is 32.1. The Bertz CT molecular complexity index is 629. The monoisotopic (exact) mass is 332 g/mol. The van der Waals surface area contributed by atoms with Gasteiger partial charge in [0.1, 0.15) is 0 Å². The summed E-state index contributed by atoms with van der Waals surface area (Å²) < 4.78 is 5.07. The summed E-state index contributed by atoms with van der Waals surface area (Å²) >= 11 is 1.62. The fourth-order valence-corrected chi connectivity index (χ4v) is 3.49. The molecule has 0 aliphatic carbocycles. The first-order chi connectivity index (χ1) is 11.2. The Morgan fingerprint density at radius 3 is 2.74 bits per heavy atom. The van der Waals surface area contributed by atoms with Crippen LogP contribution in [0.5, 0.6) is 0 Å². The highest BCUT2D eigenvalue weighted by Crippen LogP contribution is 2.18. The molecule has 1 saturated heterocycles. The number of carbonyl (C=O) groups excluding carboxylic acids is 2. The Kier molecular flexibility index (Phi) is 5.12. The van der Waals surface area contributed by atoms with Crippen molar-refractivity contribution in [2.75, 3.05) is 19.6 Å². The van der Waals surface area contributed by atoms with E-state index >= 15 is 0 Å². The summed E-state index contributed by atoms with van der Waals surface area (Å²) in [4.78, 5) is 27.1. The molecule has 1 aliphatic rings. The first-order valence-electron chi connectivity index (χ1n) is 7.84. The number of rotatable bonds is 5. The number of nitrogens with zero attached hydrogens (tertiary/aromatic N) is 1. The standard InChI is InChI=1S/C17H20N2O3S/c20-16(11-14-3-2-10-23-14)19-7-5-13(6-8-19)12-18-17(21)15-4-1-9-22-15/h1-4,9-10,13H,5-8,11-12H2,(H,18,21). The van der Waals surface area contributed by atoms with E-state index in [1.807, 2.05) is 22.4 Å². The molecule has 2 aromatic rings. The zero-order chi connectivity index (χ0) is 16.1. The number of carbonyl (C=O) groups is 2. The van der Waals surface area contributed by atoms with Crippen LogP contribution < -0.4 is 5.32 Å². The molecule has 0 radical (unpaired) electrons. The molecule has 122 valence electrons. The van der Waals surface area contributed by atoms with Gasteiger partial charge < -0.3 is 14.6 Å². The van der Waals surface area contributed by atoms with E-state index in [0.717, 1.165) is 30.8 Å². The smallest absolute Gasteiger partial charge is 0.286 e. The molecule has 0 spiro atoms. The second kappa shape index (κ2) is 7.46. The van der Waals surface area contributed by atoms with Gasteiger partial charge in [-0.05, 0) is 42.3 Å². The molecule has 2 amide bonds. The van der Waals surface area contributed by atoms with E-state index in [4.69, 9.17) is 4.42 Å². The largest absolute Gasteiger partial charge is 0.459 e. The summed E-state index contributed by atoms with van der Waals surface area (Å²) in [6.45, 7) is 2.17. The van der Waals surface area contributed by atoms with Crippen LogP contribution in [0, 0.1) is 5.92 Å². The number of likely N-dealkylation sites (tertiary alicyclic amines) is 1. The number of piperidine rings is 1. The van der Waals surface area contributed by atoms with Gasteiger partial charge in [-0.15, -0.1) is 11.3 Å². The SMILES string of the molecule is O=C(NCC1CCN(C(=O)Cc2cccs2)CC1)c1ccco1. The lowest BCUT2D eigenvalue weighted by Gasteiger charge is -2.32. The van der Waals surface area contributed by atoms with Gasteiger partial charge >= 0.3 is 0 Å². The van der Waals surface area contributed by atoms with Crippen molar-refractivity contribution in [3.8, 4) is 0 Å². The quantitative estimate of drug-likeness (QED) is 0.915. The molecule has 1 aliphatic heterocycles. The maximum Gasteiger partial charge on any atom is 0.286 e. The van der Waals surface area contributed by atoms with Crippen LogP contribution in [0.25, 0.3) is 0 Å². The molecule has 6 heteroatoms. The zero-order valence-electron chi connectivity index (χ0n) is 12.9. The minimum atomic E-state index is -0.175. The number of furan rings is 1. The van der Waals surface area contributed by atoms with Crippen molar-refractivity contribution < 1.29 is 14.0 Å². The summed E-state index contributed by atoms with van der Waals surface area (Å²) in [6.07, 6.45) is 3.84. The Morgan fingerprint density at radius 2 is 2.09 bits per heavy atom. The lowest BCUT2D eigenvalue weighted by Crippen LogP contribution is -2.42. The van der Waals surface area contributed by atoms with Crippen molar-refractivity contribution >= 4 is 23.2 Å². The van der Waals surface area contributed by atoms with E-state index in [1.54, 1.807) is 23.5 Å². The van der Waals surface area contributed by atoms with Crippen molar-refractivity contribution in [3.63, 3.8) is 0 Å². The van der Waals surface area contributed by atoms with Gasteiger partial charge in [0.25, 0.3) is 5.91 Å². The van der Waals surface area contributed by atoms with Crippen LogP contribution in [0.2, 0.25) is 0 Å². The summed E-state index contributed by atoms with van der Waals surface area (Å²) in [6, 6.07) is 7.33. The lowest BCUT2D eigenvalue weighted by atomic mass is 9.96. The van der Waals surface area contributed by atoms with Crippen molar-refractivity contribution in [1.82, 2.24) is 10.2 Å². The highest BCUT2D eigenvalue weighted by Gasteiger charge is 2.23. The highest BCUT2D eigenvalue weighted by molar-refractivity contribution is 7.10. The zero-order valence-corrected chi connectivity index (χ0v) is 13.7. The molecule has 0 saturated carbocycles. The third kappa shape index (κ3) is 4.22. The van der Waals surface area contributed by atoms with Crippen LogP contribution in [-0.2, 0) is 11.2 Å². The molecule has 2 aromatic heterocycles. The van der Waals surface area contributed by atoms with E-state index in [-0.39, 0.29) is 11.8 Å². The van der Waals surface area contributed by atoms with E-state index in [2.05, 4.69) is 5.32 Å². The first-order valence-corrected chi connectivity index (χ1v) is 8.72. The Balaban J connectivity index is 1.40. The van der Waals surface area contributed by atoms with Gasteiger partial charge in [0, 0.05) is 24.5 Å². The molecular weight excluding hydrogens is 312 g/mol. The maximum atomic E-state index is 12.2. The molecule has 5 nitrogen and oxygen atoms in total. The first kappa shape index (κ1) is 15.8. The average Bonchev–Trinajstić information content (AvgIpc) is 3.26. The Morgan fingerprint density at radius 1 is 1.26 bits per heavy atom. The van der Waals surface area contributed by atoms with Gasteiger partial charge in [0.15, 0.2) is 5.76 Å². The molecule has 0 bridgehead atoms. The van der Waals surface area contributed by atoms with Crippen LogP contribution in [0.1, 0.15) is 28.3 Å². The van der Waals surface area contributed by atoms with E-state index in [9.17, 15) is 9.59 Å². The minimum absolute atomic E-state index is 0.175. The van der Waals surface area contributed by atoms with Crippen molar-refractivity contribution in [2.45, 2.75) is 19.3 Å². The van der Waals surface area contributed by atoms with Gasteiger partial charge in [-0.2, -0.15) is 0 Å². The predicted molar refractivity (Wildman–Crippen MR) is 88.4 cm³/mol. The number of amides is 2. The Hall–Kier alpha value is -2.08. The molecule has 0 unspecified atom stereocenters. The molecule has 0 aromatic carbocycles. The van der Waals surface area contributed by atoms with E-state index in [1.165, 1.54) is 6.26 Å². The molecular formula is C17H20N2O3S. The van der Waals surface area contributed by atoms with Gasteiger partial charge in [0.05, 0.1) is 12.7 Å². The third-order valence-corrected chi connectivity index (χ3v) is 5.05. The number of hydrogen-bond donors (Lipinski definition) is 1. The van der Waals surface area contributed by atoms with E-state index in [0.29, 0.717) is 24.6 Å². The number of hydrogen-bond acceptors (Lipinski definition) is 4. The summed E-state index contributed by atoms with van der Waals surface area (Å²) in [5.41, 5.74) is 0. The summed E-state index contributed by atoms with van der Waals surface area (Å²) in [5.74, 6) is 0.782. The molecule has 1 N–H and O–H groups in total. The van der Waals surface area contributed by atoms with Crippen molar-refractivity contribution in [2.24, 2.45) is 5.92 Å². The van der Waals surface area contributed by atoms with Crippen LogP contribution in [0.15, 0.2) is 40.3 Å². The molecule has 1 fully saturated rings. The maximum absolute atomic E-state index is 12.2. The topological polar surface area (TPSA) is 62.6 Å². The van der Waals surface area contributed by atoms with Crippen LogP contribution >= 0.6 is 11.3 Å². The Labute approximate surface area is 139 Å². The molecule has 3 heterocycles. The number of thiophene rings is 1. The minimum Gasteiger partial charge on any atom is -0.459 e. The van der Waals surface area contributed by atoms with Gasteiger partial charge in [-0.25, -0.2) is 0 Å². The summed E-state index contributed by atoms with van der Waals surface area (Å²) in [7, 11) is 0. The fraction of sp³-hybridized carbons (Fsp3) is 0.412. The summed E-state index contributed by atoms with van der Waals surface area (Å²) in [5, 5.41) is 4.90. The van der Waals surface area contributed by atoms with Crippen LogP contribution in [-0.4, -0.2) is 36.3 Å². The fourth-order valence-electron chi connectivity index (χ4n) is 2.79. The van der Waals surface area contributed by atoms with Crippen LogP contribution in [0.4, 0.5) is 0 Å². The number of nitrogens with one attached hydrogen (secondary N) is 1. The van der Waals surface area contributed by atoms with Crippen molar-refractivity contribution in [1.29, 1.82) is 0 Å². The third-order valence-electron chi connectivity index (χ3n) is 4.17. The average molecular weight is 332 g/mol. The van der Waals surface area contributed by atoms with Gasteiger partial charge in [-0.3, -0.25) is 9.59 Å². The second-order valence-electron chi connectivity index (χ2n) is 5.77. The second-order valence-corrected chi connectivity index (χ2v) is 6.80. The molecule has 3 rings (SSSR count). The molecule has 0 atom stereocenters.